The summed E-state index contributed by atoms with van der Waals surface area (Å²) < 4.78 is 28.4. The van der Waals surface area contributed by atoms with Crippen LogP contribution in [0.5, 0.6) is 0 Å². The monoisotopic (exact) mass is 180 g/mol. The molecule has 5 heteroatoms. The van der Waals surface area contributed by atoms with Crippen LogP contribution in [-0.4, -0.2) is 38.8 Å². The van der Waals surface area contributed by atoms with Gasteiger partial charge in [0.25, 0.3) is 6.43 Å². The molecule has 2 atom stereocenters. The Hall–Kier alpha value is -0.260. The Balaban J connectivity index is 2.06. The van der Waals surface area contributed by atoms with Crippen molar-refractivity contribution >= 4 is 0 Å². The van der Waals surface area contributed by atoms with Gasteiger partial charge in [0, 0.05) is 18.5 Å². The van der Waals surface area contributed by atoms with Crippen molar-refractivity contribution in [3.63, 3.8) is 0 Å². The van der Waals surface area contributed by atoms with Crippen molar-refractivity contribution in [3.05, 3.63) is 0 Å². The Morgan fingerprint density at radius 3 is 2.75 bits per heavy atom. The van der Waals surface area contributed by atoms with E-state index in [1.165, 1.54) is 0 Å². The van der Waals surface area contributed by atoms with Crippen LogP contribution in [0, 0.1) is 5.92 Å². The molecule has 0 aromatic rings. The molecule has 0 aromatic heterocycles. The van der Waals surface area contributed by atoms with Crippen molar-refractivity contribution in [1.29, 1.82) is 0 Å². The number of alkyl halides is 2. The highest BCUT2D eigenvalue weighted by Gasteiger charge is 2.24. The van der Waals surface area contributed by atoms with Gasteiger partial charge >= 0.3 is 0 Å². The third-order valence-corrected chi connectivity index (χ3v) is 1.95. The Labute approximate surface area is 70.3 Å². The lowest BCUT2D eigenvalue weighted by molar-refractivity contribution is 0.142. The van der Waals surface area contributed by atoms with Crippen LogP contribution >= 0.6 is 0 Å². The van der Waals surface area contributed by atoms with E-state index >= 15 is 0 Å². The van der Waals surface area contributed by atoms with E-state index in [0.717, 1.165) is 0 Å². The molecule has 1 fully saturated rings. The highest BCUT2D eigenvalue weighted by atomic mass is 19.3. The second-order valence-electron chi connectivity index (χ2n) is 3.01. The molecule has 0 aliphatic carbocycles. The van der Waals surface area contributed by atoms with Crippen LogP contribution in [0.1, 0.15) is 0 Å². The fourth-order valence-electron chi connectivity index (χ4n) is 1.20. The molecule has 0 aromatic carbocycles. The van der Waals surface area contributed by atoms with Gasteiger partial charge in [-0.15, -0.1) is 0 Å². The number of halogens is 2. The van der Waals surface area contributed by atoms with Gasteiger partial charge in [0.1, 0.15) is 0 Å². The van der Waals surface area contributed by atoms with Gasteiger partial charge in [-0.2, -0.15) is 0 Å². The summed E-state index contributed by atoms with van der Waals surface area (Å²) in [5, 5.41) is 2.65. The van der Waals surface area contributed by atoms with E-state index in [-0.39, 0.29) is 18.5 Å². The summed E-state index contributed by atoms with van der Waals surface area (Å²) in [7, 11) is 0. The first-order chi connectivity index (χ1) is 5.70. The van der Waals surface area contributed by atoms with Crippen molar-refractivity contribution in [2.24, 2.45) is 11.7 Å². The van der Waals surface area contributed by atoms with Gasteiger partial charge in [0.15, 0.2) is 0 Å². The predicted octanol–water partition coefficient (Wildman–Crippen LogP) is -0.185. The van der Waals surface area contributed by atoms with Crippen LogP contribution in [0.3, 0.4) is 0 Å². The molecule has 12 heavy (non-hydrogen) atoms. The molecule has 2 unspecified atom stereocenters. The molecule has 0 amide bonds. The maximum atomic E-state index is 11.7. The zero-order valence-corrected chi connectivity index (χ0v) is 6.80. The Kier molecular flexibility index (Phi) is 3.84. The van der Waals surface area contributed by atoms with Crippen LogP contribution in [0.25, 0.3) is 0 Å². The fraction of sp³-hybridized carbons (Fsp3) is 1.00. The molecule has 1 saturated heterocycles. The van der Waals surface area contributed by atoms with Gasteiger partial charge in [-0.25, -0.2) is 8.78 Å². The molecule has 0 spiro atoms. The summed E-state index contributed by atoms with van der Waals surface area (Å²) in [6, 6.07) is -0.00447. The van der Waals surface area contributed by atoms with Crippen molar-refractivity contribution in [2.75, 3.05) is 26.3 Å². The standard InChI is InChI=1S/C7H14F2N2O/c8-7(9)2-11-1-5-3-12-4-6(5)10/h5-7,11H,1-4,10H2. The lowest BCUT2D eigenvalue weighted by atomic mass is 10.1. The average molecular weight is 180 g/mol. The summed E-state index contributed by atoms with van der Waals surface area (Å²) >= 11 is 0. The van der Waals surface area contributed by atoms with Crippen LogP contribution in [0.4, 0.5) is 8.78 Å². The maximum absolute atomic E-state index is 11.7. The third kappa shape index (κ3) is 3.00. The van der Waals surface area contributed by atoms with E-state index in [1.54, 1.807) is 0 Å². The number of hydrogen-bond donors (Lipinski definition) is 2. The summed E-state index contributed by atoms with van der Waals surface area (Å²) in [6.45, 7) is 1.38. The predicted molar refractivity (Wildman–Crippen MR) is 41.2 cm³/mol. The topological polar surface area (TPSA) is 47.3 Å². The zero-order valence-electron chi connectivity index (χ0n) is 6.80. The number of hydrogen-bond acceptors (Lipinski definition) is 3. The van der Waals surface area contributed by atoms with Crippen LogP contribution in [0.2, 0.25) is 0 Å². The number of rotatable bonds is 4. The summed E-state index contributed by atoms with van der Waals surface area (Å²) in [6.07, 6.45) is -2.29. The molecule has 3 nitrogen and oxygen atoms in total. The second-order valence-corrected chi connectivity index (χ2v) is 3.01. The molecule has 0 radical (unpaired) electrons. The highest BCUT2D eigenvalue weighted by molar-refractivity contribution is 4.79. The minimum atomic E-state index is -2.29. The smallest absolute Gasteiger partial charge is 0.250 e. The van der Waals surface area contributed by atoms with E-state index in [2.05, 4.69) is 5.32 Å². The lowest BCUT2D eigenvalue weighted by Crippen LogP contribution is -2.37. The SMILES string of the molecule is NC1COCC1CNCC(F)F. The van der Waals surface area contributed by atoms with E-state index in [1.807, 2.05) is 0 Å². The van der Waals surface area contributed by atoms with Gasteiger partial charge in [-0.05, 0) is 0 Å². The van der Waals surface area contributed by atoms with Gasteiger partial charge in [-0.1, -0.05) is 0 Å². The van der Waals surface area contributed by atoms with Crippen LogP contribution in [-0.2, 0) is 4.74 Å². The van der Waals surface area contributed by atoms with E-state index in [9.17, 15) is 8.78 Å². The summed E-state index contributed by atoms with van der Waals surface area (Å²) in [4.78, 5) is 0. The molecule has 1 aliphatic heterocycles. The van der Waals surface area contributed by atoms with E-state index in [0.29, 0.717) is 19.8 Å². The Bertz CT molecular complexity index is 135. The lowest BCUT2D eigenvalue weighted by Gasteiger charge is -2.13. The molecule has 0 saturated carbocycles. The van der Waals surface area contributed by atoms with Crippen molar-refractivity contribution < 1.29 is 13.5 Å². The molecule has 0 bridgehead atoms. The largest absolute Gasteiger partial charge is 0.379 e. The molecule has 1 heterocycles. The minimum absolute atomic E-state index is 0.00447. The molecule has 72 valence electrons. The number of nitrogens with two attached hydrogens (primary N) is 1. The quantitative estimate of drug-likeness (QED) is 0.630. The van der Waals surface area contributed by atoms with Crippen LogP contribution < -0.4 is 11.1 Å². The van der Waals surface area contributed by atoms with Crippen molar-refractivity contribution in [2.45, 2.75) is 12.5 Å². The zero-order chi connectivity index (χ0) is 8.97. The third-order valence-electron chi connectivity index (χ3n) is 1.95. The normalized spacial score (nSPS) is 30.0. The Morgan fingerprint density at radius 1 is 1.50 bits per heavy atom. The van der Waals surface area contributed by atoms with Gasteiger partial charge in [-0.3, -0.25) is 0 Å². The van der Waals surface area contributed by atoms with Crippen LogP contribution in [0.15, 0.2) is 0 Å². The average Bonchev–Trinajstić information content (AvgIpc) is 2.36. The number of nitrogens with one attached hydrogen (secondary N) is 1. The molecule has 1 rings (SSSR count). The van der Waals surface area contributed by atoms with Gasteiger partial charge in [0.2, 0.25) is 0 Å². The van der Waals surface area contributed by atoms with Crippen molar-refractivity contribution in [1.82, 2.24) is 5.32 Å². The summed E-state index contributed by atoms with van der Waals surface area (Å²) in [5.74, 6) is 0.184. The van der Waals surface area contributed by atoms with Crippen molar-refractivity contribution in [3.8, 4) is 0 Å². The van der Waals surface area contributed by atoms with E-state index in [4.69, 9.17) is 10.5 Å². The molecule has 3 N–H and O–H groups in total. The first-order valence-corrected chi connectivity index (χ1v) is 4.02. The molecular formula is C7H14F2N2O. The first kappa shape index (κ1) is 9.83. The fourth-order valence-corrected chi connectivity index (χ4v) is 1.20. The second kappa shape index (κ2) is 4.69. The first-order valence-electron chi connectivity index (χ1n) is 4.02. The highest BCUT2D eigenvalue weighted by Crippen LogP contribution is 2.09. The van der Waals surface area contributed by atoms with Gasteiger partial charge < -0.3 is 15.8 Å². The molecular weight excluding hydrogens is 166 g/mol. The molecule has 1 aliphatic rings. The number of ether oxygens (including phenoxy) is 1. The maximum Gasteiger partial charge on any atom is 0.250 e. The summed E-state index contributed by atoms with van der Waals surface area (Å²) in [5.41, 5.74) is 5.64. The van der Waals surface area contributed by atoms with Gasteiger partial charge in [0.05, 0.1) is 19.8 Å². The minimum Gasteiger partial charge on any atom is -0.379 e. The van der Waals surface area contributed by atoms with E-state index < -0.39 is 6.43 Å². The Morgan fingerprint density at radius 2 is 2.25 bits per heavy atom.